The van der Waals surface area contributed by atoms with E-state index in [1.54, 1.807) is 0 Å². The van der Waals surface area contributed by atoms with Gasteiger partial charge in [-0.25, -0.2) is 0 Å². The first-order valence-electron chi connectivity index (χ1n) is 6.48. The molecule has 0 spiro atoms. The predicted molar refractivity (Wildman–Crippen MR) is 65.3 cm³/mol. The van der Waals surface area contributed by atoms with Crippen LogP contribution in [0.5, 0.6) is 0 Å². The molecule has 4 nitrogen and oxygen atoms in total. The topological polar surface area (TPSA) is 52.7 Å². The van der Waals surface area contributed by atoms with Crippen molar-refractivity contribution in [2.75, 3.05) is 39.8 Å². The minimum Gasteiger partial charge on any atom is -0.388 e. The molecule has 2 fully saturated rings. The Morgan fingerprint density at radius 3 is 2.25 bits per heavy atom. The number of hydrogen-bond acceptors (Lipinski definition) is 4. The summed E-state index contributed by atoms with van der Waals surface area (Å²) in [5.41, 5.74) is 5.02. The van der Waals surface area contributed by atoms with Gasteiger partial charge in [-0.1, -0.05) is 0 Å². The normalized spacial score (nSPS) is 29.4. The number of likely N-dealkylation sites (tertiary alicyclic amines) is 2. The van der Waals surface area contributed by atoms with Crippen molar-refractivity contribution in [1.29, 1.82) is 0 Å². The van der Waals surface area contributed by atoms with Gasteiger partial charge in [0.05, 0.1) is 5.60 Å². The molecule has 3 N–H and O–H groups in total. The van der Waals surface area contributed by atoms with Crippen LogP contribution in [-0.2, 0) is 0 Å². The number of nitrogens with zero attached hydrogens (tertiary/aromatic N) is 2. The van der Waals surface area contributed by atoms with Crippen LogP contribution in [-0.4, -0.2) is 66.3 Å². The van der Waals surface area contributed by atoms with Crippen LogP contribution in [0.3, 0.4) is 0 Å². The minimum absolute atomic E-state index is 0.411. The highest BCUT2D eigenvalue weighted by atomic mass is 16.3. The van der Waals surface area contributed by atoms with Crippen molar-refractivity contribution in [3.8, 4) is 0 Å². The number of aliphatic hydroxyl groups is 1. The summed E-state index contributed by atoms with van der Waals surface area (Å²) >= 11 is 0. The van der Waals surface area contributed by atoms with Crippen LogP contribution >= 0.6 is 0 Å². The molecule has 0 radical (unpaired) electrons. The fourth-order valence-corrected chi connectivity index (χ4v) is 2.87. The summed E-state index contributed by atoms with van der Waals surface area (Å²) < 4.78 is 0. The Labute approximate surface area is 98.4 Å². The lowest BCUT2D eigenvalue weighted by Gasteiger charge is -2.43. The van der Waals surface area contributed by atoms with E-state index >= 15 is 0 Å². The van der Waals surface area contributed by atoms with Gasteiger partial charge in [0.1, 0.15) is 0 Å². The lowest BCUT2D eigenvalue weighted by molar-refractivity contribution is -0.0302. The van der Waals surface area contributed by atoms with E-state index in [1.807, 2.05) is 0 Å². The lowest BCUT2D eigenvalue weighted by Crippen LogP contribution is -2.53. The van der Waals surface area contributed by atoms with Gasteiger partial charge in [0.2, 0.25) is 0 Å². The minimum atomic E-state index is -0.581. The van der Waals surface area contributed by atoms with Crippen molar-refractivity contribution in [2.24, 2.45) is 5.73 Å². The van der Waals surface area contributed by atoms with Crippen LogP contribution in [0.4, 0.5) is 0 Å². The Balaban J connectivity index is 1.80. The average molecular weight is 227 g/mol. The molecule has 4 heteroatoms. The van der Waals surface area contributed by atoms with Crippen molar-refractivity contribution < 1.29 is 5.11 Å². The van der Waals surface area contributed by atoms with Crippen molar-refractivity contribution in [3.05, 3.63) is 0 Å². The first kappa shape index (κ1) is 12.3. The first-order chi connectivity index (χ1) is 7.63. The summed E-state index contributed by atoms with van der Waals surface area (Å²) in [7, 11) is 2.19. The molecule has 2 heterocycles. The first-order valence-corrected chi connectivity index (χ1v) is 6.48. The van der Waals surface area contributed by atoms with E-state index in [-0.39, 0.29) is 0 Å². The number of hydrogen-bond donors (Lipinski definition) is 2. The van der Waals surface area contributed by atoms with Crippen LogP contribution in [0.25, 0.3) is 0 Å². The van der Waals surface area contributed by atoms with Crippen molar-refractivity contribution in [1.82, 2.24) is 9.80 Å². The van der Waals surface area contributed by atoms with E-state index in [9.17, 15) is 5.11 Å². The molecule has 2 saturated heterocycles. The molecule has 2 rings (SSSR count). The zero-order valence-electron chi connectivity index (χ0n) is 10.4. The van der Waals surface area contributed by atoms with Crippen LogP contribution in [0.1, 0.15) is 25.7 Å². The maximum atomic E-state index is 10.1. The highest BCUT2D eigenvalue weighted by Gasteiger charge is 2.34. The Hall–Kier alpha value is -0.160. The molecular weight excluding hydrogens is 202 g/mol. The third kappa shape index (κ3) is 2.74. The van der Waals surface area contributed by atoms with Gasteiger partial charge in [-0.2, -0.15) is 0 Å². The molecule has 16 heavy (non-hydrogen) atoms. The molecule has 0 aromatic rings. The summed E-state index contributed by atoms with van der Waals surface area (Å²) in [6.45, 7) is 4.86. The molecular formula is C12H25N3O. The van der Waals surface area contributed by atoms with Gasteiger partial charge in [-0.3, -0.25) is 0 Å². The lowest BCUT2D eigenvalue weighted by atomic mass is 9.89. The van der Waals surface area contributed by atoms with Crippen molar-refractivity contribution >= 4 is 0 Å². The molecule has 0 unspecified atom stereocenters. The van der Waals surface area contributed by atoms with Gasteiger partial charge in [-0.05, 0) is 45.8 Å². The number of piperidine rings is 2. The van der Waals surface area contributed by atoms with E-state index in [4.69, 9.17) is 5.73 Å². The maximum absolute atomic E-state index is 10.1. The largest absolute Gasteiger partial charge is 0.388 e. The Morgan fingerprint density at radius 2 is 1.75 bits per heavy atom. The Kier molecular flexibility index (Phi) is 3.85. The molecule has 0 atom stereocenters. The molecule has 0 saturated carbocycles. The monoisotopic (exact) mass is 227 g/mol. The zero-order valence-corrected chi connectivity index (χ0v) is 10.4. The molecule has 2 aliphatic heterocycles. The maximum Gasteiger partial charge on any atom is 0.0793 e. The second-order valence-corrected chi connectivity index (χ2v) is 5.50. The Bertz CT molecular complexity index is 218. The van der Waals surface area contributed by atoms with Gasteiger partial charge in [0.25, 0.3) is 0 Å². The van der Waals surface area contributed by atoms with E-state index < -0.39 is 5.60 Å². The second-order valence-electron chi connectivity index (χ2n) is 5.50. The predicted octanol–water partition coefficient (Wildman–Crippen LogP) is -0.134. The van der Waals surface area contributed by atoms with Crippen LogP contribution in [0.15, 0.2) is 0 Å². The van der Waals surface area contributed by atoms with Gasteiger partial charge < -0.3 is 20.6 Å². The molecule has 0 aliphatic carbocycles. The molecule has 0 aromatic heterocycles. The third-order valence-corrected chi connectivity index (χ3v) is 4.31. The average Bonchev–Trinajstić information content (AvgIpc) is 2.32. The summed E-state index contributed by atoms with van der Waals surface area (Å²) in [4.78, 5) is 4.95. The Morgan fingerprint density at radius 1 is 1.19 bits per heavy atom. The molecule has 0 bridgehead atoms. The highest BCUT2D eigenvalue weighted by molar-refractivity contribution is 4.90. The summed E-state index contributed by atoms with van der Waals surface area (Å²) in [6, 6.07) is 0.735. The summed E-state index contributed by atoms with van der Waals surface area (Å²) in [6.07, 6.45) is 4.24. The number of nitrogens with two attached hydrogens (primary N) is 1. The van der Waals surface area contributed by atoms with Gasteiger partial charge in [0.15, 0.2) is 0 Å². The molecule has 94 valence electrons. The smallest absolute Gasteiger partial charge is 0.0793 e. The van der Waals surface area contributed by atoms with E-state index in [0.717, 1.165) is 32.0 Å². The third-order valence-electron chi connectivity index (χ3n) is 4.31. The fraction of sp³-hybridized carbons (Fsp3) is 1.00. The standard InChI is InChI=1S/C12H25N3O/c1-14-6-2-11(3-7-14)15-8-4-12(16,10-13)5-9-15/h11,16H,2-10,13H2,1H3. The van der Waals surface area contributed by atoms with Gasteiger partial charge in [-0.15, -0.1) is 0 Å². The second kappa shape index (κ2) is 5.00. The van der Waals surface area contributed by atoms with E-state index in [2.05, 4.69) is 16.8 Å². The van der Waals surface area contributed by atoms with Gasteiger partial charge in [0, 0.05) is 25.7 Å². The van der Waals surface area contributed by atoms with Crippen LogP contribution < -0.4 is 5.73 Å². The molecule has 0 aromatic carbocycles. The summed E-state index contributed by atoms with van der Waals surface area (Å²) in [5.74, 6) is 0. The van der Waals surface area contributed by atoms with E-state index in [0.29, 0.717) is 6.54 Å². The van der Waals surface area contributed by atoms with Crippen molar-refractivity contribution in [3.63, 3.8) is 0 Å². The van der Waals surface area contributed by atoms with Crippen molar-refractivity contribution in [2.45, 2.75) is 37.3 Å². The van der Waals surface area contributed by atoms with Gasteiger partial charge >= 0.3 is 0 Å². The molecule has 2 aliphatic rings. The zero-order chi connectivity index (χ0) is 11.6. The fourth-order valence-electron chi connectivity index (χ4n) is 2.87. The quantitative estimate of drug-likeness (QED) is 0.690. The summed E-state index contributed by atoms with van der Waals surface area (Å²) in [5, 5.41) is 10.1. The molecule has 0 amide bonds. The number of rotatable bonds is 2. The van der Waals surface area contributed by atoms with Crippen LogP contribution in [0, 0.1) is 0 Å². The highest BCUT2D eigenvalue weighted by Crippen LogP contribution is 2.25. The van der Waals surface area contributed by atoms with Crippen LogP contribution in [0.2, 0.25) is 0 Å². The SMILES string of the molecule is CN1CCC(N2CCC(O)(CN)CC2)CC1. The van der Waals surface area contributed by atoms with E-state index in [1.165, 1.54) is 25.9 Å².